The molecule has 0 spiro atoms. The highest BCUT2D eigenvalue weighted by Crippen LogP contribution is 2.17. The molecule has 0 aliphatic carbocycles. The number of hydrogen-bond donors (Lipinski definition) is 2. The monoisotopic (exact) mass is 246 g/mol. The summed E-state index contributed by atoms with van der Waals surface area (Å²) < 4.78 is 5.00. The molecule has 1 aromatic carbocycles. The SMILES string of the molecule is COCCC(C)NC(=O)c1c[nH]c2ccccc12. The predicted molar refractivity (Wildman–Crippen MR) is 71.7 cm³/mol. The molecule has 0 bridgehead atoms. The zero-order valence-corrected chi connectivity index (χ0v) is 10.7. The van der Waals surface area contributed by atoms with Gasteiger partial charge in [-0.1, -0.05) is 18.2 Å². The van der Waals surface area contributed by atoms with Crippen LogP contribution in [0.5, 0.6) is 0 Å². The van der Waals surface area contributed by atoms with E-state index in [4.69, 9.17) is 4.74 Å². The lowest BCUT2D eigenvalue weighted by atomic mass is 10.1. The molecule has 2 aromatic rings. The molecule has 1 atom stereocenters. The molecule has 4 nitrogen and oxygen atoms in total. The van der Waals surface area contributed by atoms with Gasteiger partial charge in [0, 0.05) is 36.9 Å². The first-order valence-corrected chi connectivity index (χ1v) is 6.08. The number of methoxy groups -OCH3 is 1. The van der Waals surface area contributed by atoms with Gasteiger partial charge in [-0.3, -0.25) is 4.79 Å². The number of H-pyrrole nitrogens is 1. The Labute approximate surface area is 106 Å². The van der Waals surface area contributed by atoms with Crippen LogP contribution in [-0.4, -0.2) is 30.6 Å². The first-order valence-electron chi connectivity index (χ1n) is 6.08. The van der Waals surface area contributed by atoms with Crippen LogP contribution in [0.2, 0.25) is 0 Å². The van der Waals surface area contributed by atoms with Crippen LogP contribution in [-0.2, 0) is 4.74 Å². The van der Waals surface area contributed by atoms with E-state index < -0.39 is 0 Å². The molecule has 0 radical (unpaired) electrons. The summed E-state index contributed by atoms with van der Waals surface area (Å²) in [5, 5.41) is 3.92. The molecule has 1 heterocycles. The molecule has 4 heteroatoms. The van der Waals surface area contributed by atoms with E-state index in [2.05, 4.69) is 10.3 Å². The number of fused-ring (bicyclic) bond motifs is 1. The average molecular weight is 246 g/mol. The number of ether oxygens (including phenoxy) is 1. The zero-order chi connectivity index (χ0) is 13.0. The molecule has 1 amide bonds. The van der Waals surface area contributed by atoms with Crippen molar-refractivity contribution in [3.8, 4) is 0 Å². The van der Waals surface area contributed by atoms with Crippen molar-refractivity contribution >= 4 is 16.8 Å². The lowest BCUT2D eigenvalue weighted by Gasteiger charge is -2.12. The fraction of sp³-hybridized carbons (Fsp3) is 0.357. The van der Waals surface area contributed by atoms with Crippen molar-refractivity contribution in [2.24, 2.45) is 0 Å². The minimum Gasteiger partial charge on any atom is -0.385 e. The Morgan fingerprint density at radius 2 is 2.22 bits per heavy atom. The third-order valence-electron chi connectivity index (χ3n) is 2.97. The number of amides is 1. The van der Waals surface area contributed by atoms with Gasteiger partial charge in [0.1, 0.15) is 0 Å². The van der Waals surface area contributed by atoms with Crippen molar-refractivity contribution < 1.29 is 9.53 Å². The van der Waals surface area contributed by atoms with Gasteiger partial charge in [-0.05, 0) is 19.4 Å². The maximum atomic E-state index is 12.1. The summed E-state index contributed by atoms with van der Waals surface area (Å²) in [6, 6.07) is 7.88. The van der Waals surface area contributed by atoms with Gasteiger partial charge in [0.05, 0.1) is 5.56 Å². The fourth-order valence-electron chi connectivity index (χ4n) is 1.93. The predicted octanol–water partition coefficient (Wildman–Crippen LogP) is 2.32. The van der Waals surface area contributed by atoms with Gasteiger partial charge in [0.2, 0.25) is 0 Å². The molecule has 0 fully saturated rings. The summed E-state index contributed by atoms with van der Waals surface area (Å²) in [7, 11) is 1.66. The molecule has 2 rings (SSSR count). The smallest absolute Gasteiger partial charge is 0.253 e. The van der Waals surface area contributed by atoms with Gasteiger partial charge in [-0.25, -0.2) is 0 Å². The van der Waals surface area contributed by atoms with E-state index in [0.717, 1.165) is 17.3 Å². The van der Waals surface area contributed by atoms with E-state index >= 15 is 0 Å². The number of rotatable bonds is 5. The van der Waals surface area contributed by atoms with E-state index in [-0.39, 0.29) is 11.9 Å². The third-order valence-corrected chi connectivity index (χ3v) is 2.97. The second kappa shape index (κ2) is 5.69. The number of aromatic nitrogens is 1. The van der Waals surface area contributed by atoms with Gasteiger partial charge >= 0.3 is 0 Å². The highest BCUT2D eigenvalue weighted by molar-refractivity contribution is 6.06. The van der Waals surface area contributed by atoms with Gasteiger partial charge in [-0.2, -0.15) is 0 Å². The van der Waals surface area contributed by atoms with E-state index in [1.807, 2.05) is 31.2 Å². The van der Waals surface area contributed by atoms with E-state index in [1.54, 1.807) is 13.3 Å². The van der Waals surface area contributed by atoms with E-state index in [9.17, 15) is 4.79 Å². The number of para-hydroxylation sites is 1. The maximum Gasteiger partial charge on any atom is 0.253 e. The molecule has 0 aliphatic rings. The molecule has 0 aliphatic heterocycles. The van der Waals surface area contributed by atoms with Crippen LogP contribution in [0, 0.1) is 0 Å². The number of carbonyl (C=O) groups excluding carboxylic acids is 1. The Morgan fingerprint density at radius 1 is 1.44 bits per heavy atom. The van der Waals surface area contributed by atoms with Gasteiger partial charge in [0.25, 0.3) is 5.91 Å². The maximum absolute atomic E-state index is 12.1. The molecule has 0 saturated carbocycles. The van der Waals surface area contributed by atoms with Crippen LogP contribution in [0.15, 0.2) is 30.5 Å². The Hall–Kier alpha value is -1.81. The normalized spacial score (nSPS) is 12.6. The summed E-state index contributed by atoms with van der Waals surface area (Å²) in [5.74, 6) is -0.0453. The Bertz CT molecular complexity index is 533. The molecular formula is C14H18N2O2. The van der Waals surface area contributed by atoms with Gasteiger partial charge < -0.3 is 15.0 Å². The summed E-state index contributed by atoms with van der Waals surface area (Å²) in [4.78, 5) is 15.2. The number of carbonyl (C=O) groups is 1. The Morgan fingerprint density at radius 3 is 3.00 bits per heavy atom. The van der Waals surface area contributed by atoms with Crippen molar-refractivity contribution in [2.45, 2.75) is 19.4 Å². The van der Waals surface area contributed by atoms with Crippen LogP contribution >= 0.6 is 0 Å². The molecule has 18 heavy (non-hydrogen) atoms. The number of nitrogens with one attached hydrogen (secondary N) is 2. The fourth-order valence-corrected chi connectivity index (χ4v) is 1.93. The largest absolute Gasteiger partial charge is 0.385 e. The minimum atomic E-state index is -0.0453. The zero-order valence-electron chi connectivity index (χ0n) is 10.7. The van der Waals surface area contributed by atoms with Crippen molar-refractivity contribution in [2.75, 3.05) is 13.7 Å². The second-order valence-corrected chi connectivity index (χ2v) is 4.40. The standard InChI is InChI=1S/C14H18N2O2/c1-10(7-8-18-2)16-14(17)12-9-15-13-6-4-3-5-11(12)13/h3-6,9-10,15H,7-8H2,1-2H3,(H,16,17). The molecule has 96 valence electrons. The lowest BCUT2D eigenvalue weighted by Crippen LogP contribution is -2.33. The van der Waals surface area contributed by atoms with Crippen LogP contribution in [0.4, 0.5) is 0 Å². The first-order chi connectivity index (χ1) is 8.72. The molecular weight excluding hydrogens is 228 g/mol. The highest BCUT2D eigenvalue weighted by atomic mass is 16.5. The van der Waals surface area contributed by atoms with Crippen LogP contribution in [0.25, 0.3) is 10.9 Å². The topological polar surface area (TPSA) is 54.1 Å². The minimum absolute atomic E-state index is 0.0453. The molecule has 2 N–H and O–H groups in total. The van der Waals surface area contributed by atoms with E-state index in [0.29, 0.717) is 12.2 Å². The summed E-state index contributed by atoms with van der Waals surface area (Å²) in [6.45, 7) is 2.63. The number of aromatic amines is 1. The van der Waals surface area contributed by atoms with Crippen LogP contribution in [0.1, 0.15) is 23.7 Å². The highest BCUT2D eigenvalue weighted by Gasteiger charge is 2.13. The average Bonchev–Trinajstić information content (AvgIpc) is 2.80. The van der Waals surface area contributed by atoms with Crippen LogP contribution in [0.3, 0.4) is 0 Å². The number of benzene rings is 1. The third kappa shape index (κ3) is 2.71. The van der Waals surface area contributed by atoms with Gasteiger partial charge in [-0.15, -0.1) is 0 Å². The van der Waals surface area contributed by atoms with Crippen molar-refractivity contribution in [3.63, 3.8) is 0 Å². The van der Waals surface area contributed by atoms with E-state index in [1.165, 1.54) is 0 Å². The van der Waals surface area contributed by atoms with Crippen LogP contribution < -0.4 is 5.32 Å². The van der Waals surface area contributed by atoms with Crippen molar-refractivity contribution in [1.82, 2.24) is 10.3 Å². The molecule has 0 saturated heterocycles. The molecule has 1 aromatic heterocycles. The van der Waals surface area contributed by atoms with Crippen molar-refractivity contribution in [3.05, 3.63) is 36.0 Å². The number of hydrogen-bond acceptors (Lipinski definition) is 2. The lowest BCUT2D eigenvalue weighted by molar-refractivity contribution is 0.0931. The second-order valence-electron chi connectivity index (χ2n) is 4.40. The quantitative estimate of drug-likeness (QED) is 0.850. The summed E-state index contributed by atoms with van der Waals surface area (Å²) in [5.41, 5.74) is 1.67. The Kier molecular flexibility index (Phi) is 3.99. The Balaban J connectivity index is 2.09. The summed E-state index contributed by atoms with van der Waals surface area (Å²) in [6.07, 6.45) is 2.56. The molecule has 1 unspecified atom stereocenters. The van der Waals surface area contributed by atoms with Gasteiger partial charge in [0.15, 0.2) is 0 Å². The first kappa shape index (κ1) is 12.6. The summed E-state index contributed by atoms with van der Waals surface area (Å²) >= 11 is 0. The van der Waals surface area contributed by atoms with Crippen molar-refractivity contribution in [1.29, 1.82) is 0 Å².